The Morgan fingerprint density at radius 1 is 1.18 bits per heavy atom. The van der Waals surface area contributed by atoms with E-state index in [9.17, 15) is 9.18 Å². The molecule has 0 aliphatic heterocycles. The van der Waals surface area contributed by atoms with E-state index < -0.39 is 5.54 Å². The van der Waals surface area contributed by atoms with Crippen LogP contribution < -0.4 is 0 Å². The summed E-state index contributed by atoms with van der Waals surface area (Å²) < 4.78 is 14.0. The molecule has 0 bridgehead atoms. The van der Waals surface area contributed by atoms with Crippen LogP contribution in [0, 0.1) is 5.82 Å². The summed E-state index contributed by atoms with van der Waals surface area (Å²) in [6.07, 6.45) is 7.41. The van der Waals surface area contributed by atoms with Crippen LogP contribution in [0.1, 0.15) is 42.4 Å². The van der Waals surface area contributed by atoms with E-state index in [1.807, 2.05) is 6.07 Å². The van der Waals surface area contributed by atoms with Crippen molar-refractivity contribution in [3.8, 4) is 0 Å². The second-order valence-corrected chi connectivity index (χ2v) is 5.04. The molecule has 88 valence electrons. The highest BCUT2D eigenvalue weighted by molar-refractivity contribution is 5.45. The van der Waals surface area contributed by atoms with Crippen LogP contribution in [0.5, 0.6) is 0 Å². The van der Waals surface area contributed by atoms with E-state index in [-0.39, 0.29) is 5.82 Å². The van der Waals surface area contributed by atoms with Crippen LogP contribution in [0.2, 0.25) is 0 Å². The Bertz CT molecular complexity index is 513. The molecule has 0 saturated heterocycles. The quantitative estimate of drug-likeness (QED) is 0.568. The van der Waals surface area contributed by atoms with E-state index in [0.29, 0.717) is 5.56 Å². The lowest BCUT2D eigenvalue weighted by atomic mass is 9.88. The van der Waals surface area contributed by atoms with Crippen molar-refractivity contribution >= 4 is 6.08 Å². The van der Waals surface area contributed by atoms with Crippen molar-refractivity contribution in [1.82, 2.24) is 0 Å². The average Bonchev–Trinajstić information content (AvgIpc) is 3.09. The van der Waals surface area contributed by atoms with E-state index in [1.165, 1.54) is 12.0 Å². The van der Waals surface area contributed by atoms with Gasteiger partial charge in [0.2, 0.25) is 6.08 Å². The first-order chi connectivity index (χ1) is 8.25. The van der Waals surface area contributed by atoms with Crippen molar-refractivity contribution in [2.24, 2.45) is 4.99 Å². The maximum Gasteiger partial charge on any atom is 0.235 e. The number of halogens is 1. The molecule has 0 spiro atoms. The molecule has 0 radical (unpaired) electrons. The van der Waals surface area contributed by atoms with E-state index in [1.54, 1.807) is 12.1 Å². The molecule has 1 aromatic carbocycles. The lowest BCUT2D eigenvalue weighted by Gasteiger charge is -2.19. The Balaban J connectivity index is 2.08. The number of nitrogens with zero attached hydrogens (tertiary/aromatic N) is 1. The fourth-order valence-electron chi connectivity index (χ4n) is 2.76. The minimum atomic E-state index is -0.585. The summed E-state index contributed by atoms with van der Waals surface area (Å²) in [6.45, 7) is 0. The normalized spacial score (nSPS) is 20.3. The predicted octanol–water partition coefficient (Wildman–Crippen LogP) is 3.03. The molecule has 0 heterocycles. The third-order valence-electron chi connectivity index (χ3n) is 3.92. The van der Waals surface area contributed by atoms with Gasteiger partial charge in [0.25, 0.3) is 0 Å². The highest BCUT2D eigenvalue weighted by Gasteiger charge is 2.47. The zero-order valence-corrected chi connectivity index (χ0v) is 9.63. The Morgan fingerprint density at radius 2 is 1.82 bits per heavy atom. The van der Waals surface area contributed by atoms with Gasteiger partial charge in [-0.05, 0) is 55.7 Å². The van der Waals surface area contributed by atoms with Crippen LogP contribution >= 0.6 is 0 Å². The van der Waals surface area contributed by atoms with Gasteiger partial charge in [-0.3, -0.25) is 0 Å². The Kier molecular flexibility index (Phi) is 2.37. The highest BCUT2D eigenvalue weighted by atomic mass is 19.1. The van der Waals surface area contributed by atoms with Gasteiger partial charge in [0.15, 0.2) is 0 Å². The third-order valence-corrected chi connectivity index (χ3v) is 3.92. The summed E-state index contributed by atoms with van der Waals surface area (Å²) >= 11 is 0. The Hall–Kier alpha value is -1.47. The summed E-state index contributed by atoms with van der Waals surface area (Å²) in [7, 11) is 0. The molecule has 3 heteroatoms. The fraction of sp³-hybridized carbons (Fsp3) is 0.500. The van der Waals surface area contributed by atoms with Gasteiger partial charge in [0.1, 0.15) is 11.4 Å². The summed E-state index contributed by atoms with van der Waals surface area (Å²) in [6, 6.07) is 3.57. The van der Waals surface area contributed by atoms with Gasteiger partial charge in [-0.25, -0.2) is 9.18 Å². The standard InChI is InChI=1S/C14H14FNO/c15-13-8-11-4-2-1-3-10(11)7-12(13)14(5-6-14)16-9-17/h7-8H,1-6H2. The molecule has 2 aliphatic rings. The Morgan fingerprint density at radius 3 is 2.41 bits per heavy atom. The van der Waals surface area contributed by atoms with Gasteiger partial charge >= 0.3 is 0 Å². The van der Waals surface area contributed by atoms with E-state index in [0.717, 1.165) is 37.7 Å². The monoisotopic (exact) mass is 231 g/mol. The second-order valence-electron chi connectivity index (χ2n) is 5.04. The van der Waals surface area contributed by atoms with Gasteiger partial charge in [-0.2, -0.15) is 4.99 Å². The van der Waals surface area contributed by atoms with Crippen LogP contribution in [-0.2, 0) is 23.2 Å². The zero-order valence-electron chi connectivity index (χ0n) is 9.63. The first kappa shape index (κ1) is 10.7. The number of hydrogen-bond acceptors (Lipinski definition) is 2. The maximum absolute atomic E-state index is 14.0. The van der Waals surface area contributed by atoms with Crippen molar-refractivity contribution in [2.45, 2.75) is 44.1 Å². The van der Waals surface area contributed by atoms with Crippen molar-refractivity contribution in [1.29, 1.82) is 0 Å². The minimum absolute atomic E-state index is 0.206. The van der Waals surface area contributed by atoms with Crippen LogP contribution in [0.4, 0.5) is 4.39 Å². The molecule has 0 unspecified atom stereocenters. The SMILES string of the molecule is O=C=NC1(c2cc3c(cc2F)CCCC3)CC1. The number of aryl methyl sites for hydroxylation is 2. The molecule has 2 aliphatic carbocycles. The third kappa shape index (κ3) is 1.71. The maximum atomic E-state index is 14.0. The van der Waals surface area contributed by atoms with Crippen LogP contribution in [0.3, 0.4) is 0 Å². The summed E-state index contributed by atoms with van der Waals surface area (Å²) in [5, 5.41) is 0. The molecule has 0 amide bonds. The molecule has 1 aromatic rings. The molecular formula is C14H14FNO. The second kappa shape index (κ2) is 3.78. The van der Waals surface area contributed by atoms with Crippen molar-refractivity contribution in [3.05, 3.63) is 34.6 Å². The lowest BCUT2D eigenvalue weighted by Crippen LogP contribution is -2.11. The van der Waals surface area contributed by atoms with Crippen LogP contribution in [-0.4, -0.2) is 6.08 Å². The van der Waals surface area contributed by atoms with E-state index >= 15 is 0 Å². The number of carbonyl (C=O) groups excluding carboxylic acids is 1. The minimum Gasteiger partial charge on any atom is -0.211 e. The molecule has 1 saturated carbocycles. The first-order valence-electron chi connectivity index (χ1n) is 6.16. The number of aliphatic imine (C=N–C) groups is 1. The lowest BCUT2D eigenvalue weighted by molar-refractivity contribution is 0.545. The Labute approximate surface area is 99.6 Å². The van der Waals surface area contributed by atoms with Crippen molar-refractivity contribution in [2.75, 3.05) is 0 Å². The fourth-order valence-corrected chi connectivity index (χ4v) is 2.76. The van der Waals surface area contributed by atoms with E-state index in [2.05, 4.69) is 4.99 Å². The highest BCUT2D eigenvalue weighted by Crippen LogP contribution is 2.50. The van der Waals surface area contributed by atoms with Crippen LogP contribution in [0.25, 0.3) is 0 Å². The van der Waals surface area contributed by atoms with E-state index in [4.69, 9.17) is 0 Å². The van der Waals surface area contributed by atoms with Crippen LogP contribution in [0.15, 0.2) is 17.1 Å². The number of isocyanates is 1. The molecule has 0 atom stereocenters. The molecule has 0 N–H and O–H groups in total. The molecule has 3 rings (SSSR count). The number of rotatable bonds is 2. The molecular weight excluding hydrogens is 217 g/mol. The van der Waals surface area contributed by atoms with Gasteiger partial charge in [-0.1, -0.05) is 6.07 Å². The summed E-state index contributed by atoms with van der Waals surface area (Å²) in [5.74, 6) is -0.206. The van der Waals surface area contributed by atoms with Gasteiger partial charge < -0.3 is 0 Å². The molecule has 1 fully saturated rings. The zero-order chi connectivity index (χ0) is 11.9. The molecule has 2 nitrogen and oxygen atoms in total. The largest absolute Gasteiger partial charge is 0.235 e. The van der Waals surface area contributed by atoms with Gasteiger partial charge in [-0.15, -0.1) is 0 Å². The summed E-state index contributed by atoms with van der Waals surface area (Å²) in [5.41, 5.74) is 2.38. The molecule has 17 heavy (non-hydrogen) atoms. The topological polar surface area (TPSA) is 29.4 Å². The smallest absolute Gasteiger partial charge is 0.211 e. The number of hydrogen-bond donors (Lipinski definition) is 0. The van der Waals surface area contributed by atoms with Crippen molar-refractivity contribution in [3.63, 3.8) is 0 Å². The predicted molar refractivity (Wildman–Crippen MR) is 62.1 cm³/mol. The number of fused-ring (bicyclic) bond motifs is 1. The average molecular weight is 231 g/mol. The number of benzene rings is 1. The van der Waals surface area contributed by atoms with Gasteiger partial charge in [0, 0.05) is 5.56 Å². The molecule has 0 aromatic heterocycles. The summed E-state index contributed by atoms with van der Waals surface area (Å²) in [4.78, 5) is 14.2. The first-order valence-corrected chi connectivity index (χ1v) is 6.16. The van der Waals surface area contributed by atoms with Crippen molar-refractivity contribution < 1.29 is 9.18 Å². The van der Waals surface area contributed by atoms with Gasteiger partial charge in [0.05, 0.1) is 0 Å².